The van der Waals surface area contributed by atoms with Crippen molar-refractivity contribution >= 4 is 5.52 Å². The highest BCUT2D eigenvalue weighted by Gasteiger charge is 2.59. The molecule has 0 aliphatic carbocycles. The molecular weight excluding hydrogens is 424 g/mol. The minimum Gasteiger partial charge on any atom is -0.379 e. The lowest BCUT2D eigenvalue weighted by Gasteiger charge is -2.29. The number of hydrogen-bond donors (Lipinski definition) is 1. The molecule has 0 bridgehead atoms. The lowest BCUT2D eigenvalue weighted by atomic mass is 9.92. The Kier molecular flexibility index (Phi) is 9.44. The van der Waals surface area contributed by atoms with E-state index in [1.54, 1.807) is 12.1 Å². The van der Waals surface area contributed by atoms with E-state index in [2.05, 4.69) is 36.9 Å². The van der Waals surface area contributed by atoms with E-state index < -0.39 is 23.9 Å². The molecule has 9 nitrogen and oxygen atoms in total. The molecule has 2 aromatic heterocycles. The van der Waals surface area contributed by atoms with Gasteiger partial charge in [-0.25, -0.2) is 4.52 Å². The smallest absolute Gasteiger partial charge is 0.275 e. The fourth-order valence-electron chi connectivity index (χ4n) is 4.08. The van der Waals surface area contributed by atoms with Crippen molar-refractivity contribution in [2.75, 3.05) is 26.4 Å². The van der Waals surface area contributed by atoms with Crippen LogP contribution in [0.1, 0.15) is 65.0 Å². The highest BCUT2D eigenvalue weighted by molar-refractivity contribution is 5.49. The van der Waals surface area contributed by atoms with Crippen molar-refractivity contribution in [2.45, 2.75) is 83.2 Å². The summed E-state index contributed by atoms with van der Waals surface area (Å²) in [7, 11) is 0. The summed E-state index contributed by atoms with van der Waals surface area (Å²) in [6.45, 7) is 8.22. The van der Waals surface area contributed by atoms with Crippen LogP contribution < -0.4 is 5.56 Å². The monoisotopic (exact) mass is 460 g/mol. The van der Waals surface area contributed by atoms with Gasteiger partial charge in [-0.15, -0.1) is 0 Å². The number of hydrogen-bond acceptors (Lipinski definition) is 7. The van der Waals surface area contributed by atoms with Crippen LogP contribution in [0.15, 0.2) is 23.3 Å². The van der Waals surface area contributed by atoms with Gasteiger partial charge in [-0.1, -0.05) is 40.0 Å². The average Bonchev–Trinajstić information content (AvgIpc) is 3.38. The van der Waals surface area contributed by atoms with Crippen molar-refractivity contribution in [3.63, 3.8) is 0 Å². The summed E-state index contributed by atoms with van der Waals surface area (Å²) in [4.78, 5) is 14.8. The molecule has 1 aliphatic rings. The number of aromatic nitrogens is 3. The molecule has 0 unspecified atom stereocenters. The summed E-state index contributed by atoms with van der Waals surface area (Å²) < 4.78 is 26.4. The van der Waals surface area contributed by atoms with Crippen LogP contribution in [0.4, 0.5) is 0 Å². The van der Waals surface area contributed by atoms with Crippen LogP contribution >= 0.6 is 0 Å². The predicted molar refractivity (Wildman–Crippen MR) is 123 cm³/mol. The molecule has 0 spiro atoms. The lowest BCUT2D eigenvalue weighted by Crippen LogP contribution is -2.44. The van der Waals surface area contributed by atoms with Crippen molar-refractivity contribution < 1.29 is 18.9 Å². The minimum absolute atomic E-state index is 0.291. The second-order valence-corrected chi connectivity index (χ2v) is 8.40. The summed E-state index contributed by atoms with van der Waals surface area (Å²) in [5, 5.41) is 14.8. The zero-order chi connectivity index (χ0) is 23.7. The number of ether oxygens (including phenoxy) is 4. The van der Waals surface area contributed by atoms with E-state index in [0.717, 1.165) is 38.5 Å². The first kappa shape index (κ1) is 25.4. The first-order chi connectivity index (χ1) is 16.1. The Bertz CT molecular complexity index is 968. The molecule has 3 heterocycles. The van der Waals surface area contributed by atoms with Crippen molar-refractivity contribution in [1.82, 2.24) is 14.6 Å². The van der Waals surface area contributed by atoms with Crippen molar-refractivity contribution in [3.05, 3.63) is 34.5 Å². The van der Waals surface area contributed by atoms with E-state index in [0.29, 0.717) is 37.6 Å². The van der Waals surface area contributed by atoms with E-state index in [1.165, 1.54) is 10.8 Å². The Hall–Kier alpha value is -2.25. The molecule has 3 rings (SSSR count). The second kappa shape index (κ2) is 12.3. The lowest BCUT2D eigenvalue weighted by molar-refractivity contribution is -0.0901. The third kappa shape index (κ3) is 5.46. The Labute approximate surface area is 195 Å². The van der Waals surface area contributed by atoms with Gasteiger partial charge in [0.05, 0.1) is 12.3 Å². The number of nitriles is 1. The molecular formula is C24H36N4O5. The Morgan fingerprint density at radius 3 is 2.52 bits per heavy atom. The molecule has 1 aliphatic heterocycles. The third-order valence-electron chi connectivity index (χ3n) is 5.93. The predicted octanol–water partition coefficient (Wildman–Crippen LogP) is 3.33. The number of rotatable bonds is 14. The summed E-state index contributed by atoms with van der Waals surface area (Å²) >= 11 is 0. The van der Waals surface area contributed by atoms with Gasteiger partial charge in [0.25, 0.3) is 5.56 Å². The van der Waals surface area contributed by atoms with E-state index in [4.69, 9.17) is 18.9 Å². The van der Waals surface area contributed by atoms with Gasteiger partial charge in [0, 0.05) is 19.8 Å². The molecule has 1 fully saturated rings. The SMILES string of the molecule is CCCCOC[C@H]1O[C@@](C#N)(c2ccc3c(=O)[nH]cnn23)[C@H](OCCCC)[C@@H]1OCCCC. The van der Waals surface area contributed by atoms with Gasteiger partial charge in [-0.3, -0.25) is 4.79 Å². The number of fused-ring (bicyclic) bond motifs is 1. The highest BCUT2D eigenvalue weighted by Crippen LogP contribution is 2.43. The molecule has 0 amide bonds. The number of nitrogens with one attached hydrogen (secondary N) is 1. The van der Waals surface area contributed by atoms with E-state index in [1.807, 2.05) is 0 Å². The van der Waals surface area contributed by atoms with Crippen LogP contribution in [0, 0.1) is 11.3 Å². The van der Waals surface area contributed by atoms with Crippen LogP contribution in [-0.4, -0.2) is 59.3 Å². The molecule has 2 aromatic rings. The van der Waals surface area contributed by atoms with Crippen molar-refractivity contribution in [1.29, 1.82) is 5.26 Å². The van der Waals surface area contributed by atoms with Crippen LogP contribution in [0.5, 0.6) is 0 Å². The third-order valence-corrected chi connectivity index (χ3v) is 5.93. The number of aromatic amines is 1. The molecule has 182 valence electrons. The zero-order valence-electron chi connectivity index (χ0n) is 19.9. The fraction of sp³-hybridized carbons (Fsp3) is 0.708. The first-order valence-corrected chi connectivity index (χ1v) is 12.1. The summed E-state index contributed by atoms with van der Waals surface area (Å²) in [6, 6.07) is 5.72. The van der Waals surface area contributed by atoms with E-state index >= 15 is 0 Å². The molecule has 0 aromatic carbocycles. The van der Waals surface area contributed by atoms with Crippen molar-refractivity contribution in [2.24, 2.45) is 0 Å². The normalized spacial score (nSPS) is 25.0. The van der Waals surface area contributed by atoms with Gasteiger partial charge in [0.1, 0.15) is 36.2 Å². The molecule has 33 heavy (non-hydrogen) atoms. The molecule has 1 N–H and O–H groups in total. The minimum atomic E-state index is -1.49. The number of nitrogens with zero attached hydrogens (tertiary/aromatic N) is 3. The average molecular weight is 461 g/mol. The maximum Gasteiger partial charge on any atom is 0.275 e. The maximum absolute atomic E-state index is 12.3. The topological polar surface area (TPSA) is 111 Å². The highest BCUT2D eigenvalue weighted by atomic mass is 16.6. The molecule has 1 saturated heterocycles. The summed E-state index contributed by atoms with van der Waals surface area (Å²) in [5.74, 6) is 0. The van der Waals surface area contributed by atoms with Crippen LogP contribution in [0.25, 0.3) is 5.52 Å². The van der Waals surface area contributed by atoms with Gasteiger partial charge in [0.15, 0.2) is 0 Å². The van der Waals surface area contributed by atoms with Crippen LogP contribution in [-0.2, 0) is 24.5 Å². The first-order valence-electron chi connectivity index (χ1n) is 12.1. The van der Waals surface area contributed by atoms with Crippen LogP contribution in [0.3, 0.4) is 0 Å². The van der Waals surface area contributed by atoms with Crippen LogP contribution in [0.2, 0.25) is 0 Å². The number of H-pyrrole nitrogens is 1. The summed E-state index contributed by atoms with van der Waals surface area (Å²) in [6.07, 6.45) is 5.33. The van der Waals surface area contributed by atoms with Crippen molar-refractivity contribution in [3.8, 4) is 6.07 Å². The second-order valence-electron chi connectivity index (χ2n) is 8.40. The standard InChI is InChI=1S/C24H36N4O5/c1-4-7-12-30-15-19-21(31-13-8-5-2)22(32-14-9-6-3)24(16-25,33-19)20-11-10-18-23(29)26-17-27-28(18)20/h10-11,17,19,21-22H,4-9,12-15H2,1-3H3,(H,26,27,29)/t19-,21-,22-,24+/m1/s1. The molecule has 4 atom stereocenters. The zero-order valence-corrected chi connectivity index (χ0v) is 19.9. The molecule has 0 radical (unpaired) electrons. The summed E-state index contributed by atoms with van der Waals surface area (Å²) in [5.41, 5.74) is -0.991. The van der Waals surface area contributed by atoms with Gasteiger partial charge in [0.2, 0.25) is 5.60 Å². The molecule has 0 saturated carbocycles. The van der Waals surface area contributed by atoms with E-state index in [9.17, 15) is 10.1 Å². The fourth-order valence-corrected chi connectivity index (χ4v) is 4.08. The van der Waals surface area contributed by atoms with E-state index in [-0.39, 0.29) is 5.56 Å². The Morgan fingerprint density at radius 2 is 1.82 bits per heavy atom. The Morgan fingerprint density at radius 1 is 1.12 bits per heavy atom. The van der Waals surface area contributed by atoms with Gasteiger partial charge >= 0.3 is 0 Å². The maximum atomic E-state index is 12.3. The Balaban J connectivity index is 2.01. The van der Waals surface area contributed by atoms with Gasteiger partial charge in [-0.2, -0.15) is 10.4 Å². The van der Waals surface area contributed by atoms with Gasteiger partial charge < -0.3 is 23.9 Å². The van der Waals surface area contributed by atoms with Gasteiger partial charge in [-0.05, 0) is 31.4 Å². The number of unbranched alkanes of at least 4 members (excludes halogenated alkanes) is 3. The molecule has 9 heteroatoms. The largest absolute Gasteiger partial charge is 0.379 e. The quantitative estimate of drug-likeness (QED) is 0.431.